The molecule has 3 aliphatic rings. The second-order valence-corrected chi connectivity index (χ2v) is 17.1. The van der Waals surface area contributed by atoms with Crippen LogP contribution in [0.5, 0.6) is 0 Å². The summed E-state index contributed by atoms with van der Waals surface area (Å²) in [5.41, 5.74) is 20.8. The van der Waals surface area contributed by atoms with E-state index in [2.05, 4.69) is 191 Å². The monoisotopic (exact) mass is 696 g/mol. The Labute approximate surface area is 317 Å². The van der Waals surface area contributed by atoms with Gasteiger partial charge in [-0.2, -0.15) is 0 Å². The van der Waals surface area contributed by atoms with Crippen LogP contribution in [-0.4, -0.2) is 6.85 Å². The largest absolute Gasteiger partial charge is 0.456 e. The summed E-state index contributed by atoms with van der Waals surface area (Å²) < 4.78 is 6.70. The number of anilines is 5. The molecule has 8 aromatic rings. The average molecular weight is 697 g/mol. The van der Waals surface area contributed by atoms with Crippen LogP contribution in [0.15, 0.2) is 144 Å². The van der Waals surface area contributed by atoms with Crippen LogP contribution in [0.3, 0.4) is 0 Å². The SMILES string of the molecule is Cc1cc2c3c(c1)N(c1ccc(C(C)(C)C)cc1-c1ccccc1)c1cc4c(cc1B3N1c3ccccc3C(C)(C)c3cccc-2c31)oc1ccccc14. The highest BCUT2D eigenvalue weighted by Crippen LogP contribution is 2.56. The van der Waals surface area contributed by atoms with Gasteiger partial charge >= 0.3 is 6.85 Å². The van der Waals surface area contributed by atoms with Gasteiger partial charge in [0.2, 0.25) is 0 Å². The predicted molar refractivity (Wildman–Crippen MR) is 228 cm³/mol. The topological polar surface area (TPSA) is 19.6 Å². The van der Waals surface area contributed by atoms with Crippen LogP contribution in [-0.2, 0) is 10.8 Å². The molecule has 3 nitrogen and oxygen atoms in total. The van der Waals surface area contributed by atoms with Crippen LogP contribution in [0.2, 0.25) is 0 Å². The Morgan fingerprint density at radius 1 is 0.574 bits per heavy atom. The second-order valence-electron chi connectivity index (χ2n) is 17.1. The summed E-state index contributed by atoms with van der Waals surface area (Å²) in [6.07, 6.45) is 0. The van der Waals surface area contributed by atoms with Crippen LogP contribution in [0.25, 0.3) is 44.2 Å². The molecular weight excluding hydrogens is 655 g/mol. The molecule has 0 unspecified atom stereocenters. The molecule has 0 saturated heterocycles. The average Bonchev–Trinajstić information content (AvgIpc) is 3.54. The summed E-state index contributed by atoms with van der Waals surface area (Å²) in [5, 5.41) is 2.27. The molecule has 11 rings (SSSR count). The van der Waals surface area contributed by atoms with Gasteiger partial charge in [0.25, 0.3) is 0 Å². The fraction of sp³-hybridized carbons (Fsp3) is 0.160. The fourth-order valence-corrected chi connectivity index (χ4v) is 9.79. The maximum absolute atomic E-state index is 6.70. The molecule has 0 radical (unpaired) electrons. The Bertz CT molecular complexity index is 2880. The van der Waals surface area contributed by atoms with Crippen molar-refractivity contribution >= 4 is 68.1 Å². The Morgan fingerprint density at radius 3 is 2.17 bits per heavy atom. The van der Waals surface area contributed by atoms with Crippen molar-refractivity contribution < 1.29 is 4.42 Å². The normalized spacial score (nSPS) is 14.9. The maximum Gasteiger partial charge on any atom is 0.333 e. The van der Waals surface area contributed by atoms with Gasteiger partial charge in [0.05, 0.1) is 5.69 Å². The third kappa shape index (κ3) is 4.20. The van der Waals surface area contributed by atoms with E-state index < -0.39 is 0 Å². The lowest BCUT2D eigenvalue weighted by Gasteiger charge is -2.51. The first-order valence-corrected chi connectivity index (χ1v) is 19.2. The summed E-state index contributed by atoms with van der Waals surface area (Å²) in [6.45, 7) is 13.9. The van der Waals surface area contributed by atoms with Gasteiger partial charge in [-0.25, -0.2) is 0 Å². The number of hydrogen-bond donors (Lipinski definition) is 0. The van der Waals surface area contributed by atoms with E-state index in [1.807, 2.05) is 0 Å². The number of furan rings is 1. The summed E-state index contributed by atoms with van der Waals surface area (Å²) in [4.78, 5) is 5.24. The van der Waals surface area contributed by atoms with Crippen LogP contribution in [0.1, 0.15) is 56.9 Å². The summed E-state index contributed by atoms with van der Waals surface area (Å²) >= 11 is 0. The van der Waals surface area contributed by atoms with Crippen LogP contribution >= 0.6 is 0 Å². The first-order valence-electron chi connectivity index (χ1n) is 19.2. The predicted octanol–water partition coefficient (Wildman–Crippen LogP) is 12.2. The lowest BCUT2D eigenvalue weighted by Crippen LogP contribution is -2.63. The van der Waals surface area contributed by atoms with E-state index in [0.29, 0.717) is 0 Å². The fourth-order valence-electron chi connectivity index (χ4n) is 9.79. The highest BCUT2D eigenvalue weighted by molar-refractivity contribution is 6.94. The Balaban J connectivity index is 1.30. The molecule has 0 saturated carbocycles. The number of aryl methyl sites for hydroxylation is 1. The standard InChI is InChI=1S/C50H41BN2O/c1-30-25-37-34-18-14-20-39-48(34)53(42-21-12-11-19-38(42)50(39,5)6)51-40-29-46-36(33-17-10-13-22-45(33)54-46)28-43(40)52(44(26-30)47(37)51)41-24-23-32(49(2,3)4)27-35(41)31-15-8-7-9-16-31/h7-29H,1-6H3. The smallest absolute Gasteiger partial charge is 0.333 e. The van der Waals surface area contributed by atoms with E-state index in [9.17, 15) is 0 Å². The maximum atomic E-state index is 6.70. The summed E-state index contributed by atoms with van der Waals surface area (Å²) in [7, 11) is 0. The Kier molecular flexibility index (Phi) is 6.30. The van der Waals surface area contributed by atoms with Gasteiger partial charge in [-0.3, -0.25) is 0 Å². The van der Waals surface area contributed by atoms with E-state index >= 15 is 0 Å². The molecule has 0 fully saturated rings. The van der Waals surface area contributed by atoms with Crippen LogP contribution in [0, 0.1) is 6.92 Å². The van der Waals surface area contributed by atoms with E-state index in [1.165, 1.54) is 83.9 Å². The number of rotatable bonds is 2. The highest BCUT2D eigenvalue weighted by Gasteiger charge is 2.50. The van der Waals surface area contributed by atoms with Crippen molar-refractivity contribution in [3.63, 3.8) is 0 Å². The lowest BCUT2D eigenvalue weighted by atomic mass is 9.42. The van der Waals surface area contributed by atoms with Crippen molar-refractivity contribution in [2.75, 3.05) is 9.71 Å². The van der Waals surface area contributed by atoms with Gasteiger partial charge in [-0.15, -0.1) is 0 Å². The van der Waals surface area contributed by atoms with Crippen molar-refractivity contribution in [2.45, 2.75) is 52.4 Å². The molecule has 0 bridgehead atoms. The molecule has 54 heavy (non-hydrogen) atoms. The van der Waals surface area contributed by atoms with Crippen LogP contribution < -0.4 is 20.6 Å². The highest BCUT2D eigenvalue weighted by atomic mass is 16.3. The molecule has 7 aromatic carbocycles. The summed E-state index contributed by atoms with van der Waals surface area (Å²) in [5.74, 6) is 0. The zero-order valence-corrected chi connectivity index (χ0v) is 31.7. The zero-order valence-electron chi connectivity index (χ0n) is 31.7. The quantitative estimate of drug-likeness (QED) is 0.168. The first kappa shape index (κ1) is 31.5. The minimum absolute atomic E-state index is 0.00577. The van der Waals surface area contributed by atoms with Gasteiger partial charge in [-0.05, 0) is 99.1 Å². The second kappa shape index (κ2) is 10.8. The van der Waals surface area contributed by atoms with Crippen molar-refractivity contribution in [1.29, 1.82) is 0 Å². The molecule has 0 N–H and O–H groups in total. The Morgan fingerprint density at radius 2 is 1.33 bits per heavy atom. The van der Waals surface area contributed by atoms with E-state index in [4.69, 9.17) is 4.42 Å². The molecule has 0 spiro atoms. The van der Waals surface area contributed by atoms with Gasteiger partial charge in [0.15, 0.2) is 0 Å². The van der Waals surface area contributed by atoms with Gasteiger partial charge in [0, 0.05) is 50.1 Å². The number of benzene rings is 7. The van der Waals surface area contributed by atoms with E-state index in [-0.39, 0.29) is 17.7 Å². The summed E-state index contributed by atoms with van der Waals surface area (Å²) in [6, 6.07) is 52.2. The molecule has 0 aliphatic carbocycles. The van der Waals surface area contributed by atoms with Crippen molar-refractivity contribution in [2.24, 2.45) is 0 Å². The molecular formula is C50H41BN2O. The molecule has 3 aliphatic heterocycles. The van der Waals surface area contributed by atoms with Gasteiger partial charge < -0.3 is 14.1 Å². The lowest BCUT2D eigenvalue weighted by molar-refractivity contribution is 0.590. The molecule has 1 aromatic heterocycles. The van der Waals surface area contributed by atoms with Gasteiger partial charge in [0.1, 0.15) is 11.2 Å². The van der Waals surface area contributed by atoms with Crippen LogP contribution in [0.4, 0.5) is 28.4 Å². The number of nitrogens with zero attached hydrogens (tertiary/aromatic N) is 2. The van der Waals surface area contributed by atoms with E-state index in [1.54, 1.807) is 0 Å². The minimum atomic E-state index is -0.159. The van der Waals surface area contributed by atoms with Crippen molar-refractivity contribution in [3.8, 4) is 22.3 Å². The minimum Gasteiger partial charge on any atom is -0.456 e. The third-order valence-corrected chi connectivity index (χ3v) is 12.4. The molecule has 0 atom stereocenters. The molecule has 4 heterocycles. The molecule has 260 valence electrons. The van der Waals surface area contributed by atoms with Gasteiger partial charge in [-0.1, -0.05) is 132 Å². The molecule has 0 amide bonds. The van der Waals surface area contributed by atoms with Crippen molar-refractivity contribution in [3.05, 3.63) is 162 Å². The zero-order chi connectivity index (χ0) is 36.7. The first-order chi connectivity index (χ1) is 26.1. The number of para-hydroxylation sites is 3. The number of hydrogen-bond acceptors (Lipinski definition) is 3. The van der Waals surface area contributed by atoms with E-state index in [0.717, 1.165) is 21.9 Å². The molecule has 4 heteroatoms. The Hall–Kier alpha value is -6.00. The third-order valence-electron chi connectivity index (χ3n) is 12.4. The number of fused-ring (bicyclic) bond motifs is 9. The van der Waals surface area contributed by atoms with Crippen molar-refractivity contribution in [1.82, 2.24) is 0 Å².